The summed E-state index contributed by atoms with van der Waals surface area (Å²) >= 11 is 0. The van der Waals surface area contributed by atoms with Gasteiger partial charge < -0.3 is 15.5 Å². The van der Waals surface area contributed by atoms with Crippen LogP contribution in [0.1, 0.15) is 23.2 Å². The number of amides is 1. The summed E-state index contributed by atoms with van der Waals surface area (Å²) in [5, 5.41) is 0. The van der Waals surface area contributed by atoms with Crippen molar-refractivity contribution in [1.29, 1.82) is 0 Å². The summed E-state index contributed by atoms with van der Waals surface area (Å²) in [6, 6.07) is 3.88. The first-order valence-corrected chi connectivity index (χ1v) is 6.28. The number of rotatable bonds is 3. The summed E-state index contributed by atoms with van der Waals surface area (Å²) in [4.78, 5) is 20.4. The number of hydrogen-bond donors (Lipinski definition) is 1. The van der Waals surface area contributed by atoms with Crippen molar-refractivity contribution in [3.8, 4) is 0 Å². The van der Waals surface area contributed by atoms with E-state index in [4.69, 9.17) is 5.73 Å². The molecule has 1 fully saturated rings. The molecule has 0 aliphatic carbocycles. The third kappa shape index (κ3) is 2.46. The van der Waals surface area contributed by atoms with Gasteiger partial charge in [0.05, 0.1) is 5.56 Å². The van der Waals surface area contributed by atoms with Crippen LogP contribution in [0.15, 0.2) is 18.3 Å². The van der Waals surface area contributed by atoms with Gasteiger partial charge in [0.15, 0.2) is 0 Å². The first-order chi connectivity index (χ1) is 8.63. The summed E-state index contributed by atoms with van der Waals surface area (Å²) in [6.07, 6.45) is 3.69. The van der Waals surface area contributed by atoms with Gasteiger partial charge >= 0.3 is 0 Å². The third-order valence-corrected chi connectivity index (χ3v) is 3.36. The lowest BCUT2D eigenvalue weighted by Crippen LogP contribution is -2.39. The molecule has 2 N–H and O–H groups in total. The number of anilines is 1. The molecule has 1 aromatic rings. The Bertz CT molecular complexity index is 416. The van der Waals surface area contributed by atoms with Gasteiger partial charge in [-0.2, -0.15) is 0 Å². The molecule has 1 aliphatic rings. The molecule has 18 heavy (non-hydrogen) atoms. The topological polar surface area (TPSA) is 62.5 Å². The second-order valence-electron chi connectivity index (χ2n) is 4.83. The molecular weight excluding hydrogens is 228 g/mol. The van der Waals surface area contributed by atoms with Crippen LogP contribution in [0.4, 0.5) is 5.82 Å². The fraction of sp³-hybridized carbons (Fsp3) is 0.538. The molecule has 0 spiro atoms. The molecule has 1 atom stereocenters. The fourth-order valence-corrected chi connectivity index (χ4v) is 2.29. The van der Waals surface area contributed by atoms with E-state index >= 15 is 0 Å². The van der Waals surface area contributed by atoms with E-state index in [1.807, 2.05) is 36.0 Å². The van der Waals surface area contributed by atoms with Crippen LogP contribution >= 0.6 is 0 Å². The quantitative estimate of drug-likeness (QED) is 0.855. The molecule has 0 radical (unpaired) electrons. The second kappa shape index (κ2) is 5.35. The van der Waals surface area contributed by atoms with E-state index in [0.717, 1.165) is 25.2 Å². The zero-order chi connectivity index (χ0) is 13.1. The first kappa shape index (κ1) is 12.8. The van der Waals surface area contributed by atoms with Crippen LogP contribution in [0.2, 0.25) is 0 Å². The Morgan fingerprint density at radius 3 is 2.89 bits per heavy atom. The Kier molecular flexibility index (Phi) is 3.81. The molecule has 1 amide bonds. The molecule has 2 rings (SSSR count). The Morgan fingerprint density at radius 1 is 1.56 bits per heavy atom. The Hall–Kier alpha value is -1.62. The minimum Gasteiger partial charge on any atom is -0.363 e. The third-order valence-electron chi connectivity index (χ3n) is 3.36. The maximum atomic E-state index is 12.3. The Balaban J connectivity index is 2.13. The highest BCUT2D eigenvalue weighted by molar-refractivity contribution is 5.94. The summed E-state index contributed by atoms with van der Waals surface area (Å²) in [5.41, 5.74) is 6.33. The van der Waals surface area contributed by atoms with Crippen LogP contribution in [0.5, 0.6) is 0 Å². The van der Waals surface area contributed by atoms with Gasteiger partial charge in [0.2, 0.25) is 0 Å². The molecule has 5 nitrogen and oxygen atoms in total. The molecule has 98 valence electrons. The molecule has 5 heteroatoms. The van der Waals surface area contributed by atoms with Gasteiger partial charge in [-0.25, -0.2) is 4.98 Å². The number of carbonyl (C=O) groups is 1. The van der Waals surface area contributed by atoms with E-state index < -0.39 is 0 Å². The monoisotopic (exact) mass is 248 g/mol. The Labute approximate surface area is 108 Å². The van der Waals surface area contributed by atoms with E-state index in [-0.39, 0.29) is 11.9 Å². The van der Waals surface area contributed by atoms with Gasteiger partial charge in [0, 0.05) is 39.4 Å². The minimum absolute atomic E-state index is 0.0424. The predicted octanol–water partition coefficient (Wildman–Crippen LogP) is 0.711. The molecule has 1 aliphatic heterocycles. The normalized spacial score (nSPS) is 19.1. The van der Waals surface area contributed by atoms with Gasteiger partial charge in [-0.15, -0.1) is 0 Å². The maximum absolute atomic E-state index is 12.3. The lowest BCUT2D eigenvalue weighted by atomic mass is 10.2. The van der Waals surface area contributed by atoms with Crippen molar-refractivity contribution < 1.29 is 4.79 Å². The molecule has 0 unspecified atom stereocenters. The Morgan fingerprint density at radius 2 is 2.33 bits per heavy atom. The van der Waals surface area contributed by atoms with Gasteiger partial charge in [0.1, 0.15) is 5.82 Å². The van der Waals surface area contributed by atoms with E-state index in [2.05, 4.69) is 4.98 Å². The van der Waals surface area contributed by atoms with Crippen molar-refractivity contribution >= 4 is 11.7 Å². The number of likely N-dealkylation sites (tertiary alicyclic amines) is 1. The highest BCUT2D eigenvalue weighted by Crippen LogP contribution is 2.19. The fourth-order valence-electron chi connectivity index (χ4n) is 2.29. The number of carbonyl (C=O) groups excluding carboxylic acids is 1. The van der Waals surface area contributed by atoms with E-state index in [9.17, 15) is 4.79 Å². The van der Waals surface area contributed by atoms with Gasteiger partial charge in [0.25, 0.3) is 5.91 Å². The molecule has 0 saturated carbocycles. The van der Waals surface area contributed by atoms with Gasteiger partial charge in [-0.3, -0.25) is 4.79 Å². The van der Waals surface area contributed by atoms with Crippen LogP contribution in [-0.4, -0.2) is 49.0 Å². The zero-order valence-electron chi connectivity index (χ0n) is 11.0. The maximum Gasteiger partial charge on any atom is 0.255 e. The molecule has 0 aromatic carbocycles. The molecular formula is C13H20N4O. The van der Waals surface area contributed by atoms with Crippen molar-refractivity contribution in [1.82, 2.24) is 9.88 Å². The zero-order valence-corrected chi connectivity index (χ0v) is 11.0. The summed E-state index contributed by atoms with van der Waals surface area (Å²) in [7, 11) is 3.85. The standard InChI is InChI=1S/C13H20N4O/c1-16(2)12-6-5-10(9-15-12)13(18)17-7-3-4-11(17)8-14/h5-6,9,11H,3-4,7-8,14H2,1-2H3/t11-/m0/s1. The highest BCUT2D eigenvalue weighted by atomic mass is 16.2. The SMILES string of the molecule is CN(C)c1ccc(C(=O)N2CCC[C@H]2CN)cn1. The molecule has 1 saturated heterocycles. The molecule has 2 heterocycles. The van der Waals surface area contributed by atoms with E-state index in [0.29, 0.717) is 12.1 Å². The average Bonchev–Trinajstić information content (AvgIpc) is 2.86. The highest BCUT2D eigenvalue weighted by Gasteiger charge is 2.28. The van der Waals surface area contributed by atoms with Crippen LogP contribution in [-0.2, 0) is 0 Å². The van der Waals surface area contributed by atoms with E-state index in [1.165, 1.54) is 0 Å². The number of pyridine rings is 1. The van der Waals surface area contributed by atoms with Crippen LogP contribution in [0, 0.1) is 0 Å². The molecule has 0 bridgehead atoms. The van der Waals surface area contributed by atoms with Crippen molar-refractivity contribution in [3.63, 3.8) is 0 Å². The summed E-state index contributed by atoms with van der Waals surface area (Å²) in [6.45, 7) is 1.34. The average molecular weight is 248 g/mol. The number of nitrogens with zero attached hydrogens (tertiary/aromatic N) is 3. The number of nitrogens with two attached hydrogens (primary N) is 1. The van der Waals surface area contributed by atoms with E-state index in [1.54, 1.807) is 6.20 Å². The lowest BCUT2D eigenvalue weighted by molar-refractivity contribution is 0.0741. The first-order valence-electron chi connectivity index (χ1n) is 6.28. The summed E-state index contributed by atoms with van der Waals surface area (Å²) < 4.78 is 0. The van der Waals surface area contributed by atoms with Crippen LogP contribution in [0.3, 0.4) is 0 Å². The van der Waals surface area contributed by atoms with Crippen LogP contribution in [0.25, 0.3) is 0 Å². The van der Waals surface area contributed by atoms with Crippen molar-refractivity contribution in [2.24, 2.45) is 5.73 Å². The predicted molar refractivity (Wildman–Crippen MR) is 71.7 cm³/mol. The van der Waals surface area contributed by atoms with Crippen molar-refractivity contribution in [3.05, 3.63) is 23.9 Å². The smallest absolute Gasteiger partial charge is 0.255 e. The summed E-state index contributed by atoms with van der Waals surface area (Å²) in [5.74, 6) is 0.893. The van der Waals surface area contributed by atoms with Crippen LogP contribution < -0.4 is 10.6 Å². The van der Waals surface area contributed by atoms with Gasteiger partial charge in [-0.1, -0.05) is 0 Å². The minimum atomic E-state index is 0.0424. The number of aromatic nitrogens is 1. The largest absolute Gasteiger partial charge is 0.363 e. The van der Waals surface area contributed by atoms with Crippen molar-refractivity contribution in [2.75, 3.05) is 32.1 Å². The lowest BCUT2D eigenvalue weighted by Gasteiger charge is -2.23. The molecule has 1 aromatic heterocycles. The van der Waals surface area contributed by atoms with Gasteiger partial charge in [-0.05, 0) is 25.0 Å². The van der Waals surface area contributed by atoms with Crippen molar-refractivity contribution in [2.45, 2.75) is 18.9 Å². The number of hydrogen-bond acceptors (Lipinski definition) is 4. The second-order valence-corrected chi connectivity index (χ2v) is 4.83.